The summed E-state index contributed by atoms with van der Waals surface area (Å²) in [5.41, 5.74) is -0.490. The smallest absolute Gasteiger partial charge is 0.255 e. The van der Waals surface area contributed by atoms with E-state index >= 15 is 0 Å². The Bertz CT molecular complexity index is 639. The van der Waals surface area contributed by atoms with E-state index in [0.717, 1.165) is 0 Å². The SMILES string of the molecule is O=C(NCCCCl)c1c(Cl)ccc(NC(=O)C2CC2(Cl)Cl)c1F. The average molecular weight is 402 g/mol. The monoisotopic (exact) mass is 400 g/mol. The molecule has 2 amide bonds. The molecule has 0 aromatic heterocycles. The molecule has 1 atom stereocenters. The second kappa shape index (κ2) is 7.43. The number of amides is 2. The van der Waals surface area contributed by atoms with Gasteiger partial charge >= 0.3 is 0 Å². The molecule has 1 aliphatic rings. The highest BCUT2D eigenvalue weighted by Gasteiger charge is 2.56. The number of carbonyl (C=O) groups is 2. The van der Waals surface area contributed by atoms with Crippen molar-refractivity contribution in [1.29, 1.82) is 0 Å². The van der Waals surface area contributed by atoms with Crippen LogP contribution in [0.15, 0.2) is 12.1 Å². The second-order valence-electron chi connectivity index (χ2n) is 5.09. The van der Waals surface area contributed by atoms with Gasteiger partial charge in [0.05, 0.1) is 22.2 Å². The number of alkyl halides is 3. The van der Waals surface area contributed by atoms with Gasteiger partial charge in [-0.15, -0.1) is 34.8 Å². The van der Waals surface area contributed by atoms with Crippen LogP contribution in [0.4, 0.5) is 10.1 Å². The maximum atomic E-state index is 14.5. The van der Waals surface area contributed by atoms with Gasteiger partial charge in [0.1, 0.15) is 4.33 Å². The van der Waals surface area contributed by atoms with Gasteiger partial charge in [0.15, 0.2) is 5.82 Å². The van der Waals surface area contributed by atoms with Crippen LogP contribution in [0.2, 0.25) is 5.02 Å². The standard InChI is InChI=1S/C14H13Cl4FN2O2/c15-4-1-5-20-13(23)10-8(16)2-3-9(11(10)19)21-12(22)7-6-14(7,17)18/h2-3,7H,1,4-6H2,(H,20,23)(H,21,22). The first-order valence-electron chi connectivity index (χ1n) is 6.78. The summed E-state index contributed by atoms with van der Waals surface area (Å²) in [5, 5.41) is 4.83. The van der Waals surface area contributed by atoms with Gasteiger partial charge in [0.2, 0.25) is 5.91 Å². The Morgan fingerprint density at radius 2 is 2.00 bits per heavy atom. The van der Waals surface area contributed by atoms with Crippen molar-refractivity contribution in [3.63, 3.8) is 0 Å². The Kier molecular flexibility index (Phi) is 6.00. The van der Waals surface area contributed by atoms with E-state index in [1.165, 1.54) is 12.1 Å². The van der Waals surface area contributed by atoms with E-state index in [1.807, 2.05) is 0 Å². The number of rotatable bonds is 6. The topological polar surface area (TPSA) is 58.2 Å². The van der Waals surface area contributed by atoms with Crippen molar-refractivity contribution >= 4 is 63.9 Å². The molecule has 126 valence electrons. The third-order valence-electron chi connectivity index (χ3n) is 3.31. The van der Waals surface area contributed by atoms with E-state index in [4.69, 9.17) is 46.4 Å². The first-order valence-corrected chi connectivity index (χ1v) is 8.45. The molecule has 2 N–H and O–H groups in total. The lowest BCUT2D eigenvalue weighted by Crippen LogP contribution is -2.27. The zero-order valence-corrected chi connectivity index (χ0v) is 14.8. The maximum Gasteiger partial charge on any atom is 0.255 e. The molecule has 0 spiro atoms. The number of halogens is 5. The van der Waals surface area contributed by atoms with E-state index in [9.17, 15) is 14.0 Å². The molecule has 0 bridgehead atoms. The lowest BCUT2D eigenvalue weighted by atomic mass is 10.1. The minimum Gasteiger partial charge on any atom is -0.352 e. The van der Waals surface area contributed by atoms with Gasteiger partial charge in [-0.05, 0) is 25.0 Å². The predicted molar refractivity (Wildman–Crippen MR) is 90.3 cm³/mol. The number of nitrogens with one attached hydrogen (secondary N) is 2. The summed E-state index contributed by atoms with van der Waals surface area (Å²) in [6, 6.07) is 2.61. The molecular weight excluding hydrogens is 389 g/mol. The van der Waals surface area contributed by atoms with E-state index in [2.05, 4.69) is 10.6 Å². The summed E-state index contributed by atoms with van der Waals surface area (Å²) >= 11 is 23.0. The molecule has 0 saturated heterocycles. The van der Waals surface area contributed by atoms with Gasteiger partial charge in [0, 0.05) is 12.4 Å². The van der Waals surface area contributed by atoms with Crippen molar-refractivity contribution in [3.05, 3.63) is 28.5 Å². The highest BCUT2D eigenvalue weighted by Crippen LogP contribution is 2.53. The molecular formula is C14H13Cl4FN2O2. The van der Waals surface area contributed by atoms with Crippen molar-refractivity contribution < 1.29 is 14.0 Å². The van der Waals surface area contributed by atoms with Crippen molar-refractivity contribution in [2.75, 3.05) is 17.7 Å². The lowest BCUT2D eigenvalue weighted by molar-refractivity contribution is -0.117. The van der Waals surface area contributed by atoms with Gasteiger partial charge in [-0.2, -0.15) is 0 Å². The molecule has 0 radical (unpaired) electrons. The summed E-state index contributed by atoms with van der Waals surface area (Å²) in [4.78, 5) is 23.9. The van der Waals surface area contributed by atoms with Gasteiger partial charge in [-0.1, -0.05) is 11.6 Å². The fourth-order valence-corrected chi connectivity index (χ4v) is 2.80. The van der Waals surface area contributed by atoms with E-state index in [-0.39, 0.29) is 22.8 Å². The normalized spacial score (nSPS) is 18.4. The van der Waals surface area contributed by atoms with Crippen LogP contribution in [-0.2, 0) is 4.79 Å². The van der Waals surface area contributed by atoms with Crippen LogP contribution in [0.3, 0.4) is 0 Å². The molecule has 2 rings (SSSR count). The highest BCUT2D eigenvalue weighted by atomic mass is 35.5. The van der Waals surface area contributed by atoms with E-state index < -0.39 is 27.9 Å². The summed E-state index contributed by atoms with van der Waals surface area (Å²) in [6.45, 7) is 0.289. The quantitative estimate of drug-likeness (QED) is 0.559. The van der Waals surface area contributed by atoms with Gasteiger partial charge in [0.25, 0.3) is 5.91 Å². The Morgan fingerprint density at radius 3 is 2.57 bits per heavy atom. The van der Waals surface area contributed by atoms with Crippen molar-refractivity contribution in [3.8, 4) is 0 Å². The zero-order chi connectivity index (χ0) is 17.2. The Hall–Kier alpha value is -0.750. The highest BCUT2D eigenvalue weighted by molar-refractivity contribution is 6.52. The minimum atomic E-state index is -1.12. The van der Waals surface area contributed by atoms with Crippen LogP contribution in [0.5, 0.6) is 0 Å². The molecule has 1 aliphatic carbocycles. The maximum absolute atomic E-state index is 14.5. The molecule has 1 saturated carbocycles. The average Bonchev–Trinajstić information content (AvgIpc) is 3.11. The van der Waals surface area contributed by atoms with Crippen LogP contribution in [0, 0.1) is 11.7 Å². The van der Waals surface area contributed by atoms with E-state index in [1.54, 1.807) is 0 Å². The Morgan fingerprint density at radius 1 is 1.35 bits per heavy atom. The van der Waals surface area contributed by atoms with Gasteiger partial charge in [-0.25, -0.2) is 4.39 Å². The number of hydrogen-bond acceptors (Lipinski definition) is 2. The fraction of sp³-hybridized carbons (Fsp3) is 0.429. The summed E-state index contributed by atoms with van der Waals surface area (Å²) in [6.07, 6.45) is 0.834. The molecule has 0 heterocycles. The second-order valence-corrected chi connectivity index (χ2v) is 7.42. The summed E-state index contributed by atoms with van der Waals surface area (Å²) in [7, 11) is 0. The lowest BCUT2D eigenvalue weighted by Gasteiger charge is -2.12. The Balaban J connectivity index is 2.14. The van der Waals surface area contributed by atoms with Crippen LogP contribution < -0.4 is 10.6 Å². The summed E-state index contributed by atoms with van der Waals surface area (Å²) < 4.78 is 13.4. The fourth-order valence-electron chi connectivity index (χ4n) is 1.93. The molecule has 1 aromatic carbocycles. The molecule has 1 unspecified atom stereocenters. The third-order valence-corrected chi connectivity index (χ3v) is 4.73. The summed E-state index contributed by atoms with van der Waals surface area (Å²) in [5.74, 6) is -2.34. The largest absolute Gasteiger partial charge is 0.352 e. The third kappa shape index (κ3) is 4.41. The zero-order valence-electron chi connectivity index (χ0n) is 11.8. The molecule has 9 heteroatoms. The van der Waals surface area contributed by atoms with Crippen LogP contribution in [-0.4, -0.2) is 28.6 Å². The predicted octanol–water partition coefficient (Wildman–Crippen LogP) is 3.97. The van der Waals surface area contributed by atoms with Gasteiger partial charge in [-0.3, -0.25) is 9.59 Å². The number of benzene rings is 1. The first kappa shape index (κ1) is 18.6. The molecule has 23 heavy (non-hydrogen) atoms. The number of carbonyl (C=O) groups excluding carboxylic acids is 2. The van der Waals surface area contributed by atoms with Gasteiger partial charge < -0.3 is 10.6 Å². The minimum absolute atomic E-state index is 0.0562. The Labute approximate surface area is 152 Å². The molecule has 1 fully saturated rings. The van der Waals surface area contributed by atoms with Crippen molar-refractivity contribution in [2.24, 2.45) is 5.92 Å². The molecule has 1 aromatic rings. The number of hydrogen-bond donors (Lipinski definition) is 2. The first-order chi connectivity index (χ1) is 10.8. The van der Waals surface area contributed by atoms with Crippen LogP contribution >= 0.6 is 46.4 Å². The van der Waals surface area contributed by atoms with Crippen LogP contribution in [0.25, 0.3) is 0 Å². The van der Waals surface area contributed by atoms with E-state index in [0.29, 0.717) is 18.7 Å². The number of anilines is 1. The van der Waals surface area contributed by atoms with Crippen molar-refractivity contribution in [2.45, 2.75) is 17.2 Å². The molecule has 0 aliphatic heterocycles. The van der Waals surface area contributed by atoms with Crippen molar-refractivity contribution in [1.82, 2.24) is 5.32 Å². The van der Waals surface area contributed by atoms with Crippen LogP contribution in [0.1, 0.15) is 23.2 Å². The molecule has 4 nitrogen and oxygen atoms in total.